The Labute approximate surface area is 192 Å². The summed E-state index contributed by atoms with van der Waals surface area (Å²) in [4.78, 5) is 23.3. The molecule has 1 fully saturated rings. The van der Waals surface area contributed by atoms with Crippen LogP contribution < -0.4 is 16.0 Å². The molecule has 3 N–H and O–H groups in total. The number of sulfone groups is 1. The number of benzene rings is 2. The lowest BCUT2D eigenvalue weighted by Crippen LogP contribution is -2.31. The Morgan fingerprint density at radius 3 is 2.61 bits per heavy atom. The molecule has 33 heavy (non-hydrogen) atoms. The Kier molecular flexibility index (Phi) is 5.28. The van der Waals surface area contributed by atoms with E-state index in [-0.39, 0.29) is 11.2 Å². The van der Waals surface area contributed by atoms with E-state index in [0.29, 0.717) is 42.3 Å². The van der Waals surface area contributed by atoms with Crippen LogP contribution in [-0.4, -0.2) is 55.4 Å². The summed E-state index contributed by atoms with van der Waals surface area (Å²) in [6, 6.07) is 13.5. The Bertz CT molecular complexity index is 1340. The molecule has 2 aliphatic rings. The van der Waals surface area contributed by atoms with Crippen molar-refractivity contribution in [2.75, 3.05) is 36.5 Å². The molecule has 1 atom stereocenters. The average molecular weight is 464 g/mol. The van der Waals surface area contributed by atoms with Crippen molar-refractivity contribution in [3.05, 3.63) is 59.8 Å². The van der Waals surface area contributed by atoms with E-state index >= 15 is 0 Å². The number of hydrogen-bond donors (Lipinski definition) is 2. The Balaban J connectivity index is 1.41. The smallest absolute Gasteiger partial charge is 0.251 e. The summed E-state index contributed by atoms with van der Waals surface area (Å²) >= 11 is 0. The molecule has 0 bridgehead atoms. The zero-order chi connectivity index (χ0) is 23.2. The molecule has 170 valence electrons. The minimum atomic E-state index is -3.03. The maximum Gasteiger partial charge on any atom is 0.251 e. The second kappa shape index (κ2) is 8.15. The lowest BCUT2D eigenvalue weighted by atomic mass is 9.96. The Morgan fingerprint density at radius 1 is 1.12 bits per heavy atom. The third kappa shape index (κ3) is 4.16. The summed E-state index contributed by atoms with van der Waals surface area (Å²) in [5.41, 5.74) is 11.8. The van der Waals surface area contributed by atoms with E-state index in [2.05, 4.69) is 15.2 Å². The van der Waals surface area contributed by atoms with Crippen molar-refractivity contribution >= 4 is 27.2 Å². The number of aromatic nitrogens is 2. The van der Waals surface area contributed by atoms with Crippen LogP contribution in [0.25, 0.3) is 22.5 Å². The van der Waals surface area contributed by atoms with Gasteiger partial charge >= 0.3 is 0 Å². The van der Waals surface area contributed by atoms with Crippen molar-refractivity contribution in [3.63, 3.8) is 0 Å². The van der Waals surface area contributed by atoms with E-state index in [0.717, 1.165) is 35.3 Å². The van der Waals surface area contributed by atoms with E-state index in [4.69, 9.17) is 10.7 Å². The Hall–Kier alpha value is -3.46. The molecule has 5 rings (SSSR count). The second-order valence-electron chi connectivity index (χ2n) is 8.60. The van der Waals surface area contributed by atoms with Crippen molar-refractivity contribution < 1.29 is 13.2 Å². The van der Waals surface area contributed by atoms with Crippen LogP contribution in [0, 0.1) is 0 Å². The SMILES string of the molecule is CS(=O)(=O)[C@@H]1CCN(c2ccc(-c3cnc(N)c(-c4ccc5c(c4)CCNC5=O)n3)cc2)C1. The monoisotopic (exact) mass is 463 g/mol. The molecule has 2 aromatic carbocycles. The largest absolute Gasteiger partial charge is 0.382 e. The van der Waals surface area contributed by atoms with E-state index in [1.54, 1.807) is 6.20 Å². The van der Waals surface area contributed by atoms with Crippen LogP contribution in [0.5, 0.6) is 0 Å². The molecule has 0 saturated carbocycles. The molecule has 0 unspecified atom stereocenters. The number of rotatable bonds is 4. The highest BCUT2D eigenvalue weighted by Gasteiger charge is 2.30. The standard InChI is InChI=1S/C24H25N5O3S/c1-33(31,32)19-9-11-29(14-19)18-5-2-15(3-6-18)21-13-27-23(25)22(28-21)17-4-7-20-16(12-17)8-10-26-24(20)30/h2-7,12-13,19H,8-11,14H2,1H3,(H2,25,27)(H,26,30)/t19-/m1/s1. The van der Waals surface area contributed by atoms with Gasteiger partial charge in [-0.05, 0) is 42.7 Å². The predicted molar refractivity (Wildman–Crippen MR) is 129 cm³/mol. The topological polar surface area (TPSA) is 118 Å². The van der Waals surface area contributed by atoms with Gasteiger partial charge in [0.1, 0.15) is 11.5 Å². The van der Waals surface area contributed by atoms with E-state index in [9.17, 15) is 13.2 Å². The molecule has 3 heterocycles. The average Bonchev–Trinajstić information content (AvgIpc) is 3.31. The number of fused-ring (bicyclic) bond motifs is 1. The highest BCUT2D eigenvalue weighted by Crippen LogP contribution is 2.30. The number of hydrogen-bond acceptors (Lipinski definition) is 7. The van der Waals surface area contributed by atoms with Gasteiger partial charge in [-0.15, -0.1) is 0 Å². The summed E-state index contributed by atoms with van der Waals surface area (Å²) < 4.78 is 23.7. The molecular formula is C24H25N5O3S. The first-order chi connectivity index (χ1) is 15.8. The van der Waals surface area contributed by atoms with Crippen LogP contribution in [0.1, 0.15) is 22.3 Å². The van der Waals surface area contributed by atoms with Crippen LogP contribution in [0.2, 0.25) is 0 Å². The van der Waals surface area contributed by atoms with Gasteiger partial charge in [-0.1, -0.05) is 18.2 Å². The lowest BCUT2D eigenvalue weighted by molar-refractivity contribution is 0.0946. The van der Waals surface area contributed by atoms with Crippen LogP contribution >= 0.6 is 0 Å². The first kappa shape index (κ1) is 21.4. The molecule has 2 aliphatic heterocycles. The van der Waals surface area contributed by atoms with Crippen molar-refractivity contribution in [1.82, 2.24) is 15.3 Å². The van der Waals surface area contributed by atoms with E-state index in [1.165, 1.54) is 6.26 Å². The summed E-state index contributed by atoms with van der Waals surface area (Å²) in [5, 5.41) is 2.53. The molecule has 1 amide bonds. The van der Waals surface area contributed by atoms with Crippen molar-refractivity contribution in [2.45, 2.75) is 18.1 Å². The zero-order valence-electron chi connectivity index (χ0n) is 18.3. The second-order valence-corrected chi connectivity index (χ2v) is 10.9. The number of anilines is 2. The molecule has 9 heteroatoms. The van der Waals surface area contributed by atoms with Gasteiger partial charge in [0.25, 0.3) is 5.91 Å². The quantitative estimate of drug-likeness (QED) is 0.609. The van der Waals surface area contributed by atoms with Crippen molar-refractivity contribution in [1.29, 1.82) is 0 Å². The van der Waals surface area contributed by atoms with Crippen LogP contribution in [0.15, 0.2) is 48.7 Å². The number of nitrogen functional groups attached to an aromatic ring is 1. The van der Waals surface area contributed by atoms with Gasteiger partial charge in [-0.25, -0.2) is 18.4 Å². The third-order valence-corrected chi connectivity index (χ3v) is 7.98. The lowest BCUT2D eigenvalue weighted by Gasteiger charge is -2.19. The molecule has 1 saturated heterocycles. The zero-order valence-corrected chi connectivity index (χ0v) is 19.1. The number of amides is 1. The van der Waals surface area contributed by atoms with Crippen LogP contribution in [0.4, 0.5) is 11.5 Å². The fourth-order valence-corrected chi connectivity index (χ4v) is 5.46. The van der Waals surface area contributed by atoms with Gasteiger partial charge in [-0.2, -0.15) is 0 Å². The summed E-state index contributed by atoms with van der Waals surface area (Å²) in [5.74, 6) is 0.274. The number of nitrogens with zero attached hydrogens (tertiary/aromatic N) is 3. The highest BCUT2D eigenvalue weighted by atomic mass is 32.2. The summed E-state index contributed by atoms with van der Waals surface area (Å²) in [6.07, 6.45) is 4.37. The van der Waals surface area contributed by atoms with E-state index in [1.807, 2.05) is 42.5 Å². The van der Waals surface area contributed by atoms with Gasteiger partial charge in [-0.3, -0.25) is 4.79 Å². The molecule has 0 aliphatic carbocycles. The van der Waals surface area contributed by atoms with Gasteiger partial charge in [0.2, 0.25) is 0 Å². The molecule has 0 spiro atoms. The summed E-state index contributed by atoms with van der Waals surface area (Å²) in [7, 11) is -3.03. The normalized spacial score (nSPS) is 18.2. The van der Waals surface area contributed by atoms with Crippen LogP contribution in [0.3, 0.4) is 0 Å². The Morgan fingerprint density at radius 2 is 1.88 bits per heavy atom. The van der Waals surface area contributed by atoms with Gasteiger partial charge in [0, 0.05) is 48.3 Å². The number of carbonyl (C=O) groups excluding carboxylic acids is 1. The maximum absolute atomic E-state index is 12.0. The third-order valence-electron chi connectivity index (χ3n) is 6.38. The molecule has 1 aromatic heterocycles. The minimum Gasteiger partial charge on any atom is -0.382 e. The fraction of sp³-hybridized carbons (Fsp3) is 0.292. The van der Waals surface area contributed by atoms with Gasteiger partial charge in [0.15, 0.2) is 9.84 Å². The molecule has 0 radical (unpaired) electrons. The molecular weight excluding hydrogens is 438 g/mol. The van der Waals surface area contributed by atoms with Gasteiger partial charge < -0.3 is 16.0 Å². The summed E-state index contributed by atoms with van der Waals surface area (Å²) in [6.45, 7) is 1.85. The first-order valence-corrected chi connectivity index (χ1v) is 12.8. The molecule has 8 nitrogen and oxygen atoms in total. The highest BCUT2D eigenvalue weighted by molar-refractivity contribution is 7.91. The number of nitrogens with one attached hydrogen (secondary N) is 1. The minimum absolute atomic E-state index is 0.0587. The van der Waals surface area contributed by atoms with Crippen molar-refractivity contribution in [2.24, 2.45) is 0 Å². The van der Waals surface area contributed by atoms with Crippen molar-refractivity contribution in [3.8, 4) is 22.5 Å². The van der Waals surface area contributed by atoms with E-state index < -0.39 is 9.84 Å². The first-order valence-electron chi connectivity index (χ1n) is 10.9. The maximum atomic E-state index is 12.0. The molecule has 3 aromatic rings. The predicted octanol–water partition coefficient (Wildman–Crippen LogP) is 2.30. The fourth-order valence-electron chi connectivity index (χ4n) is 4.48. The van der Waals surface area contributed by atoms with Crippen LogP contribution in [-0.2, 0) is 16.3 Å². The number of nitrogens with two attached hydrogens (primary N) is 1. The number of carbonyl (C=O) groups is 1. The van der Waals surface area contributed by atoms with Gasteiger partial charge in [0.05, 0.1) is 17.1 Å².